The van der Waals surface area contributed by atoms with Gasteiger partial charge in [-0.15, -0.1) is 0 Å². The second-order valence-corrected chi connectivity index (χ2v) is 4.65. The Morgan fingerprint density at radius 3 is 2.80 bits per heavy atom. The fourth-order valence-electron chi connectivity index (χ4n) is 2.53. The molecule has 1 aliphatic carbocycles. The zero-order valence-corrected chi connectivity index (χ0v) is 9.58. The average Bonchev–Trinajstić information content (AvgIpc) is 2.83. The number of nitrogens with zero attached hydrogens (tertiary/aromatic N) is 2. The molecule has 1 heterocycles. The van der Waals surface area contributed by atoms with Gasteiger partial charge in [-0.2, -0.15) is 0 Å². The molecule has 1 aromatic heterocycles. The van der Waals surface area contributed by atoms with Crippen LogP contribution >= 0.6 is 0 Å². The van der Waals surface area contributed by atoms with Gasteiger partial charge in [0.1, 0.15) is 5.82 Å². The molecule has 0 aromatic carbocycles. The van der Waals surface area contributed by atoms with Gasteiger partial charge < -0.3 is 10.3 Å². The number of rotatable bonds is 4. The lowest BCUT2D eigenvalue weighted by Crippen LogP contribution is -2.03. The first-order valence-electron chi connectivity index (χ1n) is 6.01. The molecule has 0 radical (unpaired) electrons. The van der Waals surface area contributed by atoms with E-state index in [4.69, 9.17) is 5.73 Å². The van der Waals surface area contributed by atoms with Crippen molar-refractivity contribution in [1.82, 2.24) is 9.55 Å². The third kappa shape index (κ3) is 2.59. The molecule has 15 heavy (non-hydrogen) atoms. The third-order valence-electron chi connectivity index (χ3n) is 3.49. The van der Waals surface area contributed by atoms with Gasteiger partial charge in [0.25, 0.3) is 0 Å². The van der Waals surface area contributed by atoms with Crippen molar-refractivity contribution < 1.29 is 0 Å². The van der Waals surface area contributed by atoms with Crippen LogP contribution in [-0.2, 0) is 20.0 Å². The quantitative estimate of drug-likeness (QED) is 0.820. The molecule has 3 nitrogen and oxygen atoms in total. The third-order valence-corrected chi connectivity index (χ3v) is 3.49. The number of aromatic nitrogens is 2. The summed E-state index contributed by atoms with van der Waals surface area (Å²) >= 11 is 0. The highest BCUT2D eigenvalue weighted by Gasteiger charge is 2.15. The molecule has 2 rings (SSSR count). The van der Waals surface area contributed by atoms with Gasteiger partial charge in [0.2, 0.25) is 0 Å². The summed E-state index contributed by atoms with van der Waals surface area (Å²) in [6, 6.07) is 0. The molecule has 1 fully saturated rings. The fourth-order valence-corrected chi connectivity index (χ4v) is 2.53. The highest BCUT2D eigenvalue weighted by atomic mass is 15.1. The molecule has 0 unspecified atom stereocenters. The highest BCUT2D eigenvalue weighted by molar-refractivity contribution is 5.03. The molecular weight excluding hydrogens is 186 g/mol. The van der Waals surface area contributed by atoms with Crippen molar-refractivity contribution in [2.24, 2.45) is 18.7 Å². The van der Waals surface area contributed by atoms with E-state index in [2.05, 4.69) is 11.2 Å². The summed E-state index contributed by atoms with van der Waals surface area (Å²) in [6.45, 7) is 0.542. The molecule has 1 aliphatic rings. The van der Waals surface area contributed by atoms with Gasteiger partial charge in [-0.05, 0) is 18.8 Å². The first-order chi connectivity index (χ1) is 7.29. The molecule has 0 atom stereocenters. The van der Waals surface area contributed by atoms with Crippen LogP contribution in [0.3, 0.4) is 0 Å². The van der Waals surface area contributed by atoms with Crippen LogP contribution in [0.4, 0.5) is 0 Å². The standard InChI is InChI=1S/C12H21N3/c1-15-9-11(14-12(15)8-13)7-6-10-4-2-3-5-10/h9-10H,2-8,13H2,1H3. The predicted octanol–water partition coefficient (Wildman–Crippen LogP) is 2.00. The zero-order valence-electron chi connectivity index (χ0n) is 9.58. The average molecular weight is 207 g/mol. The van der Waals surface area contributed by atoms with Gasteiger partial charge in [0.05, 0.1) is 12.2 Å². The Bertz CT molecular complexity index is 311. The lowest BCUT2D eigenvalue weighted by Gasteiger charge is -2.05. The van der Waals surface area contributed by atoms with Crippen molar-refractivity contribution >= 4 is 0 Å². The Balaban J connectivity index is 1.87. The van der Waals surface area contributed by atoms with Gasteiger partial charge in [0.15, 0.2) is 0 Å². The summed E-state index contributed by atoms with van der Waals surface area (Å²) in [4.78, 5) is 4.53. The summed E-state index contributed by atoms with van der Waals surface area (Å²) < 4.78 is 2.05. The van der Waals surface area contributed by atoms with E-state index in [9.17, 15) is 0 Å². The molecule has 0 saturated heterocycles. The lowest BCUT2D eigenvalue weighted by molar-refractivity contribution is 0.501. The van der Waals surface area contributed by atoms with Crippen LogP contribution in [0.2, 0.25) is 0 Å². The van der Waals surface area contributed by atoms with Crippen LogP contribution in [-0.4, -0.2) is 9.55 Å². The van der Waals surface area contributed by atoms with Crippen molar-refractivity contribution in [3.63, 3.8) is 0 Å². The molecule has 84 valence electrons. The predicted molar refractivity (Wildman–Crippen MR) is 61.4 cm³/mol. The van der Waals surface area contributed by atoms with E-state index in [1.54, 1.807) is 0 Å². The SMILES string of the molecule is Cn1cc(CCC2CCCC2)nc1CN. The maximum absolute atomic E-state index is 5.60. The van der Waals surface area contributed by atoms with E-state index in [0.29, 0.717) is 6.54 Å². The topological polar surface area (TPSA) is 43.8 Å². The van der Waals surface area contributed by atoms with Crippen LogP contribution in [0.15, 0.2) is 6.20 Å². The van der Waals surface area contributed by atoms with Crippen LogP contribution in [0, 0.1) is 5.92 Å². The van der Waals surface area contributed by atoms with E-state index in [-0.39, 0.29) is 0 Å². The van der Waals surface area contributed by atoms with Crippen LogP contribution in [0.5, 0.6) is 0 Å². The van der Waals surface area contributed by atoms with Crippen molar-refractivity contribution in [2.75, 3.05) is 0 Å². The smallest absolute Gasteiger partial charge is 0.122 e. The van der Waals surface area contributed by atoms with E-state index >= 15 is 0 Å². The largest absolute Gasteiger partial charge is 0.337 e. The molecule has 0 bridgehead atoms. The molecular formula is C12H21N3. The molecule has 0 aliphatic heterocycles. The summed E-state index contributed by atoms with van der Waals surface area (Å²) in [5, 5.41) is 0. The minimum absolute atomic E-state index is 0.542. The Hall–Kier alpha value is -0.830. The molecule has 0 amide bonds. The zero-order chi connectivity index (χ0) is 10.7. The second kappa shape index (κ2) is 4.79. The molecule has 2 N–H and O–H groups in total. The summed E-state index contributed by atoms with van der Waals surface area (Å²) in [5.41, 5.74) is 6.81. The van der Waals surface area contributed by atoms with Crippen LogP contribution in [0.25, 0.3) is 0 Å². The number of hydrogen-bond acceptors (Lipinski definition) is 2. The Labute approximate surface area is 91.7 Å². The fraction of sp³-hybridized carbons (Fsp3) is 0.750. The monoisotopic (exact) mass is 207 g/mol. The number of nitrogens with two attached hydrogens (primary N) is 1. The number of imidazole rings is 1. The van der Waals surface area contributed by atoms with Crippen LogP contribution < -0.4 is 5.73 Å². The Morgan fingerprint density at radius 2 is 2.20 bits per heavy atom. The van der Waals surface area contributed by atoms with Gasteiger partial charge in [0, 0.05) is 13.2 Å². The van der Waals surface area contributed by atoms with Crippen molar-refractivity contribution in [2.45, 2.75) is 45.1 Å². The van der Waals surface area contributed by atoms with Gasteiger partial charge >= 0.3 is 0 Å². The summed E-state index contributed by atoms with van der Waals surface area (Å²) in [7, 11) is 2.02. The van der Waals surface area contributed by atoms with E-state index in [1.807, 2.05) is 11.6 Å². The van der Waals surface area contributed by atoms with Crippen molar-refractivity contribution in [1.29, 1.82) is 0 Å². The van der Waals surface area contributed by atoms with E-state index < -0.39 is 0 Å². The van der Waals surface area contributed by atoms with Gasteiger partial charge in [-0.3, -0.25) is 0 Å². The maximum Gasteiger partial charge on any atom is 0.122 e. The van der Waals surface area contributed by atoms with Crippen LogP contribution in [0.1, 0.15) is 43.6 Å². The number of hydrogen-bond donors (Lipinski definition) is 1. The van der Waals surface area contributed by atoms with E-state index in [0.717, 1.165) is 18.2 Å². The van der Waals surface area contributed by atoms with Crippen molar-refractivity contribution in [3.8, 4) is 0 Å². The molecule has 1 aromatic rings. The van der Waals surface area contributed by atoms with Gasteiger partial charge in [-0.25, -0.2) is 4.98 Å². The summed E-state index contributed by atoms with van der Waals surface area (Å²) in [6.07, 6.45) is 10.3. The number of aryl methyl sites for hydroxylation is 2. The molecule has 0 spiro atoms. The summed E-state index contributed by atoms with van der Waals surface area (Å²) in [5.74, 6) is 1.95. The minimum Gasteiger partial charge on any atom is -0.337 e. The van der Waals surface area contributed by atoms with Gasteiger partial charge in [-0.1, -0.05) is 25.7 Å². The normalized spacial score (nSPS) is 17.5. The molecule has 1 saturated carbocycles. The maximum atomic E-state index is 5.60. The lowest BCUT2D eigenvalue weighted by atomic mass is 10.0. The van der Waals surface area contributed by atoms with Crippen molar-refractivity contribution in [3.05, 3.63) is 17.7 Å². The Morgan fingerprint density at radius 1 is 1.47 bits per heavy atom. The second-order valence-electron chi connectivity index (χ2n) is 4.65. The van der Waals surface area contributed by atoms with E-state index in [1.165, 1.54) is 37.8 Å². The first-order valence-corrected chi connectivity index (χ1v) is 6.01. The Kier molecular flexibility index (Phi) is 3.41. The highest BCUT2D eigenvalue weighted by Crippen LogP contribution is 2.28. The first kappa shape index (κ1) is 10.7. The molecule has 3 heteroatoms. The minimum atomic E-state index is 0.542.